The van der Waals surface area contributed by atoms with Crippen molar-refractivity contribution >= 4 is 0 Å². The number of aliphatic hydroxyl groups is 1. The van der Waals surface area contributed by atoms with Gasteiger partial charge in [-0.3, -0.25) is 0 Å². The largest absolute Gasteiger partial charge is 0.393 e. The van der Waals surface area contributed by atoms with E-state index < -0.39 is 6.10 Å². The van der Waals surface area contributed by atoms with Crippen molar-refractivity contribution in [2.24, 2.45) is 0 Å². The Morgan fingerprint density at radius 2 is 2.11 bits per heavy atom. The van der Waals surface area contributed by atoms with Gasteiger partial charge in [-0.1, -0.05) is 0 Å². The number of hydrogen-bond donors (Lipinski definition) is 1. The van der Waals surface area contributed by atoms with Crippen LogP contribution in [0.15, 0.2) is 6.33 Å². The molecular formula is C12H23N3O3. The summed E-state index contributed by atoms with van der Waals surface area (Å²) in [6.07, 6.45) is 2.17. The van der Waals surface area contributed by atoms with Gasteiger partial charge in [-0.15, -0.1) is 0 Å². The third-order valence-electron chi connectivity index (χ3n) is 2.58. The van der Waals surface area contributed by atoms with Gasteiger partial charge in [-0.05, 0) is 20.3 Å². The smallest absolute Gasteiger partial charge is 0.138 e. The Bertz CT molecular complexity index is 328. The Morgan fingerprint density at radius 3 is 2.78 bits per heavy atom. The molecule has 1 atom stereocenters. The van der Waals surface area contributed by atoms with E-state index in [0.717, 1.165) is 5.82 Å². The lowest BCUT2D eigenvalue weighted by Gasteiger charge is -2.13. The molecule has 0 spiro atoms. The molecule has 6 heteroatoms. The molecule has 0 saturated heterocycles. The summed E-state index contributed by atoms with van der Waals surface area (Å²) in [6.45, 7) is 5.75. The van der Waals surface area contributed by atoms with Crippen LogP contribution in [0, 0.1) is 0 Å². The van der Waals surface area contributed by atoms with Crippen LogP contribution in [0.5, 0.6) is 0 Å². The number of nitrogens with zero attached hydrogens (tertiary/aromatic N) is 3. The van der Waals surface area contributed by atoms with E-state index in [1.807, 2.05) is 18.5 Å². The summed E-state index contributed by atoms with van der Waals surface area (Å²) >= 11 is 0. The van der Waals surface area contributed by atoms with Crippen molar-refractivity contribution in [2.45, 2.75) is 38.8 Å². The van der Waals surface area contributed by atoms with Crippen LogP contribution >= 0.6 is 0 Å². The summed E-state index contributed by atoms with van der Waals surface area (Å²) in [7, 11) is 1.64. The molecule has 1 N–H and O–H groups in total. The van der Waals surface area contributed by atoms with E-state index in [-0.39, 0.29) is 6.04 Å². The van der Waals surface area contributed by atoms with Crippen LogP contribution in [-0.2, 0) is 15.9 Å². The average Bonchev–Trinajstić information content (AvgIpc) is 2.77. The molecule has 18 heavy (non-hydrogen) atoms. The Labute approximate surface area is 108 Å². The fourth-order valence-electron chi connectivity index (χ4n) is 1.63. The summed E-state index contributed by atoms with van der Waals surface area (Å²) in [4.78, 5) is 4.17. The highest BCUT2D eigenvalue weighted by atomic mass is 16.5. The van der Waals surface area contributed by atoms with Crippen LogP contribution < -0.4 is 0 Å². The average molecular weight is 257 g/mol. The Morgan fingerprint density at radius 1 is 1.33 bits per heavy atom. The molecule has 0 aliphatic heterocycles. The normalized spacial score (nSPS) is 13.2. The minimum Gasteiger partial charge on any atom is -0.393 e. The van der Waals surface area contributed by atoms with Crippen molar-refractivity contribution in [3.05, 3.63) is 12.2 Å². The van der Waals surface area contributed by atoms with E-state index in [4.69, 9.17) is 9.47 Å². The number of methoxy groups -OCH3 is 1. The molecule has 0 saturated carbocycles. The van der Waals surface area contributed by atoms with E-state index in [0.29, 0.717) is 32.7 Å². The maximum absolute atomic E-state index is 9.89. The third-order valence-corrected chi connectivity index (χ3v) is 2.58. The van der Waals surface area contributed by atoms with E-state index in [1.54, 1.807) is 7.11 Å². The van der Waals surface area contributed by atoms with Crippen LogP contribution in [0.25, 0.3) is 0 Å². The van der Waals surface area contributed by atoms with Gasteiger partial charge in [0, 0.05) is 26.2 Å². The summed E-state index contributed by atoms with van der Waals surface area (Å²) in [5.41, 5.74) is 0. The number of aliphatic hydroxyl groups excluding tert-OH is 1. The highest BCUT2D eigenvalue weighted by molar-refractivity contribution is 4.89. The minimum absolute atomic E-state index is 0.257. The van der Waals surface area contributed by atoms with E-state index in [1.165, 1.54) is 6.33 Å². The van der Waals surface area contributed by atoms with E-state index >= 15 is 0 Å². The van der Waals surface area contributed by atoms with Crippen LogP contribution in [-0.4, -0.2) is 52.9 Å². The van der Waals surface area contributed by atoms with Crippen molar-refractivity contribution < 1.29 is 14.6 Å². The zero-order valence-electron chi connectivity index (χ0n) is 11.4. The Hall–Kier alpha value is -0.980. The van der Waals surface area contributed by atoms with Crippen molar-refractivity contribution in [3.63, 3.8) is 0 Å². The van der Waals surface area contributed by atoms with Gasteiger partial charge in [0.2, 0.25) is 0 Å². The molecule has 1 rings (SSSR count). The zero-order chi connectivity index (χ0) is 13.4. The molecule has 0 bridgehead atoms. The zero-order valence-corrected chi connectivity index (χ0v) is 11.4. The van der Waals surface area contributed by atoms with Crippen LogP contribution in [0.3, 0.4) is 0 Å². The SMILES string of the molecule is COCCOCCC(O)Cc1ncnn1C(C)C. The van der Waals surface area contributed by atoms with Crippen molar-refractivity contribution in [3.8, 4) is 0 Å². The molecular weight excluding hydrogens is 234 g/mol. The molecule has 0 aliphatic carbocycles. The first-order valence-corrected chi connectivity index (χ1v) is 6.28. The second kappa shape index (κ2) is 8.18. The monoisotopic (exact) mass is 257 g/mol. The molecule has 1 heterocycles. The van der Waals surface area contributed by atoms with Crippen LogP contribution in [0.1, 0.15) is 32.1 Å². The first kappa shape index (κ1) is 15.1. The standard InChI is InChI=1S/C12H23N3O3/c1-10(2)15-12(13-9-14-15)8-11(16)4-5-18-7-6-17-3/h9-11,16H,4-8H2,1-3H3. The van der Waals surface area contributed by atoms with Crippen molar-refractivity contribution in [1.29, 1.82) is 0 Å². The van der Waals surface area contributed by atoms with Gasteiger partial charge >= 0.3 is 0 Å². The molecule has 0 aromatic carbocycles. The molecule has 0 aliphatic rings. The van der Waals surface area contributed by atoms with Gasteiger partial charge in [-0.25, -0.2) is 9.67 Å². The predicted molar refractivity (Wildman–Crippen MR) is 67.4 cm³/mol. The summed E-state index contributed by atoms with van der Waals surface area (Å²) in [5.74, 6) is 0.814. The first-order chi connectivity index (χ1) is 8.65. The lowest BCUT2D eigenvalue weighted by Crippen LogP contribution is -2.18. The molecule has 1 unspecified atom stereocenters. The van der Waals surface area contributed by atoms with Crippen LogP contribution in [0.2, 0.25) is 0 Å². The minimum atomic E-state index is -0.450. The summed E-state index contributed by atoms with van der Waals surface area (Å²) in [6, 6.07) is 0.257. The maximum atomic E-state index is 9.89. The topological polar surface area (TPSA) is 69.4 Å². The fraction of sp³-hybridized carbons (Fsp3) is 0.833. The number of ether oxygens (including phenoxy) is 2. The molecule has 1 aromatic heterocycles. The van der Waals surface area contributed by atoms with E-state index in [9.17, 15) is 5.11 Å². The predicted octanol–water partition coefficient (Wildman–Crippen LogP) is 0.815. The van der Waals surface area contributed by atoms with E-state index in [2.05, 4.69) is 10.1 Å². The maximum Gasteiger partial charge on any atom is 0.138 e. The van der Waals surface area contributed by atoms with Crippen molar-refractivity contribution in [1.82, 2.24) is 14.8 Å². The van der Waals surface area contributed by atoms with Crippen molar-refractivity contribution in [2.75, 3.05) is 26.9 Å². The number of hydrogen-bond acceptors (Lipinski definition) is 5. The van der Waals surface area contributed by atoms with Gasteiger partial charge < -0.3 is 14.6 Å². The Balaban J connectivity index is 2.26. The quantitative estimate of drug-likeness (QED) is 0.663. The lowest BCUT2D eigenvalue weighted by molar-refractivity contribution is 0.0472. The molecule has 104 valence electrons. The summed E-state index contributed by atoms with van der Waals surface area (Å²) < 4.78 is 12.0. The molecule has 6 nitrogen and oxygen atoms in total. The number of rotatable bonds is 9. The second-order valence-corrected chi connectivity index (χ2v) is 4.47. The van der Waals surface area contributed by atoms with Gasteiger partial charge in [-0.2, -0.15) is 5.10 Å². The molecule has 1 aromatic rings. The van der Waals surface area contributed by atoms with Crippen LogP contribution in [0.4, 0.5) is 0 Å². The Kier molecular flexibility index (Phi) is 6.85. The highest BCUT2D eigenvalue weighted by Gasteiger charge is 2.12. The molecule has 0 fully saturated rings. The van der Waals surface area contributed by atoms with Gasteiger partial charge in [0.1, 0.15) is 12.2 Å². The van der Waals surface area contributed by atoms with Gasteiger partial charge in [0.25, 0.3) is 0 Å². The molecule has 0 radical (unpaired) electrons. The lowest BCUT2D eigenvalue weighted by atomic mass is 10.2. The highest BCUT2D eigenvalue weighted by Crippen LogP contribution is 2.08. The third kappa shape index (κ3) is 5.12. The first-order valence-electron chi connectivity index (χ1n) is 6.28. The number of aromatic nitrogens is 3. The summed E-state index contributed by atoms with van der Waals surface area (Å²) in [5, 5.41) is 14.0. The molecule has 0 amide bonds. The van der Waals surface area contributed by atoms with Gasteiger partial charge in [0.15, 0.2) is 0 Å². The second-order valence-electron chi connectivity index (χ2n) is 4.47. The van der Waals surface area contributed by atoms with Gasteiger partial charge in [0.05, 0.1) is 19.3 Å². The fourth-order valence-corrected chi connectivity index (χ4v) is 1.63.